The molecule has 0 atom stereocenters. The number of nitrogens with zero attached hydrogens (tertiary/aromatic N) is 1. The maximum absolute atomic E-state index is 8.91. The maximum atomic E-state index is 8.91. The number of methoxy groups -OCH3 is 1. The topological polar surface area (TPSA) is 45.0 Å². The van der Waals surface area contributed by atoms with Crippen LogP contribution in [0.4, 0.5) is 0 Å². The molecule has 0 radical (unpaired) electrons. The average molecular weight is 267 g/mol. The standard InChI is InChI=1S/C14H19ClN2O/c1-10-7-13(18-4)12(15)8-11(10)5-6-17-14(2,3)9-16/h7-8,17H,5-6H2,1-4H3. The molecule has 0 amide bonds. The van der Waals surface area contributed by atoms with Gasteiger partial charge >= 0.3 is 0 Å². The number of rotatable bonds is 5. The highest BCUT2D eigenvalue weighted by atomic mass is 35.5. The highest BCUT2D eigenvalue weighted by molar-refractivity contribution is 6.32. The van der Waals surface area contributed by atoms with Gasteiger partial charge in [-0.3, -0.25) is 5.32 Å². The van der Waals surface area contributed by atoms with Crippen LogP contribution in [0.3, 0.4) is 0 Å². The van der Waals surface area contributed by atoms with Crippen LogP contribution in [0.5, 0.6) is 5.75 Å². The lowest BCUT2D eigenvalue weighted by Crippen LogP contribution is -2.38. The van der Waals surface area contributed by atoms with E-state index in [-0.39, 0.29) is 0 Å². The molecule has 1 aromatic rings. The fourth-order valence-corrected chi connectivity index (χ4v) is 1.93. The number of nitriles is 1. The number of ether oxygens (including phenoxy) is 1. The first-order valence-electron chi connectivity index (χ1n) is 5.89. The molecule has 0 aromatic heterocycles. The molecular formula is C14H19ClN2O. The van der Waals surface area contributed by atoms with E-state index in [2.05, 4.69) is 11.4 Å². The molecule has 4 heteroatoms. The van der Waals surface area contributed by atoms with Crippen molar-refractivity contribution in [1.29, 1.82) is 5.26 Å². The van der Waals surface area contributed by atoms with E-state index >= 15 is 0 Å². The number of hydrogen-bond donors (Lipinski definition) is 1. The highest BCUT2D eigenvalue weighted by Crippen LogP contribution is 2.27. The second kappa shape index (κ2) is 6.08. The molecule has 0 spiro atoms. The lowest BCUT2D eigenvalue weighted by atomic mass is 10.0. The largest absolute Gasteiger partial charge is 0.495 e. The minimum atomic E-state index is -0.496. The van der Waals surface area contributed by atoms with E-state index in [0.717, 1.165) is 18.5 Å². The number of benzene rings is 1. The zero-order valence-electron chi connectivity index (χ0n) is 11.3. The predicted octanol–water partition coefficient (Wildman–Crippen LogP) is 3.09. The minimum Gasteiger partial charge on any atom is -0.495 e. The molecule has 1 N–H and O–H groups in total. The van der Waals surface area contributed by atoms with Crippen LogP contribution < -0.4 is 10.1 Å². The van der Waals surface area contributed by atoms with Gasteiger partial charge in [0.25, 0.3) is 0 Å². The van der Waals surface area contributed by atoms with Crippen LogP contribution >= 0.6 is 11.6 Å². The third-order valence-corrected chi connectivity index (χ3v) is 3.15. The summed E-state index contributed by atoms with van der Waals surface area (Å²) in [5.41, 5.74) is 1.82. The molecule has 0 aliphatic carbocycles. The summed E-state index contributed by atoms with van der Waals surface area (Å²) in [6, 6.07) is 6.08. The molecule has 0 heterocycles. The van der Waals surface area contributed by atoms with Crippen LogP contribution in [0.2, 0.25) is 5.02 Å². The van der Waals surface area contributed by atoms with Gasteiger partial charge in [-0.2, -0.15) is 5.26 Å². The van der Waals surface area contributed by atoms with E-state index in [1.54, 1.807) is 7.11 Å². The van der Waals surface area contributed by atoms with E-state index in [1.807, 2.05) is 32.9 Å². The first-order valence-corrected chi connectivity index (χ1v) is 6.26. The quantitative estimate of drug-likeness (QED) is 0.891. The van der Waals surface area contributed by atoms with Crippen molar-refractivity contribution in [3.05, 3.63) is 28.3 Å². The Bertz CT molecular complexity index is 464. The molecule has 3 nitrogen and oxygen atoms in total. The number of aryl methyl sites for hydroxylation is 1. The third-order valence-electron chi connectivity index (χ3n) is 2.85. The van der Waals surface area contributed by atoms with Crippen LogP contribution in [0.25, 0.3) is 0 Å². The van der Waals surface area contributed by atoms with Gasteiger partial charge in [-0.05, 0) is 50.5 Å². The van der Waals surface area contributed by atoms with Gasteiger partial charge < -0.3 is 4.74 Å². The number of halogens is 1. The monoisotopic (exact) mass is 266 g/mol. The zero-order chi connectivity index (χ0) is 13.8. The highest BCUT2D eigenvalue weighted by Gasteiger charge is 2.15. The van der Waals surface area contributed by atoms with E-state index < -0.39 is 5.54 Å². The molecule has 0 aliphatic rings. The van der Waals surface area contributed by atoms with Crippen molar-refractivity contribution in [2.75, 3.05) is 13.7 Å². The van der Waals surface area contributed by atoms with Gasteiger partial charge in [0.05, 0.1) is 18.2 Å². The van der Waals surface area contributed by atoms with Crippen LogP contribution in [0, 0.1) is 18.3 Å². The van der Waals surface area contributed by atoms with Gasteiger partial charge in [-0.1, -0.05) is 11.6 Å². The normalized spacial score (nSPS) is 11.1. The van der Waals surface area contributed by atoms with Crippen molar-refractivity contribution < 1.29 is 4.74 Å². The molecule has 18 heavy (non-hydrogen) atoms. The Labute approximate surface area is 114 Å². The molecule has 0 fully saturated rings. The average Bonchev–Trinajstić information content (AvgIpc) is 2.33. The van der Waals surface area contributed by atoms with Crippen molar-refractivity contribution in [2.24, 2.45) is 0 Å². The fourth-order valence-electron chi connectivity index (χ4n) is 1.67. The second-order valence-electron chi connectivity index (χ2n) is 4.83. The summed E-state index contributed by atoms with van der Waals surface area (Å²) in [5, 5.41) is 12.7. The van der Waals surface area contributed by atoms with Crippen LogP contribution in [-0.2, 0) is 6.42 Å². The molecule has 0 saturated heterocycles. The zero-order valence-corrected chi connectivity index (χ0v) is 12.1. The second-order valence-corrected chi connectivity index (χ2v) is 5.23. The van der Waals surface area contributed by atoms with Gasteiger partial charge in [-0.15, -0.1) is 0 Å². The predicted molar refractivity (Wildman–Crippen MR) is 74.1 cm³/mol. The Hall–Kier alpha value is -1.24. The molecule has 1 rings (SSSR count). The number of nitrogens with one attached hydrogen (secondary N) is 1. The first kappa shape index (κ1) is 14.8. The van der Waals surface area contributed by atoms with E-state index in [0.29, 0.717) is 10.8 Å². The van der Waals surface area contributed by atoms with Crippen LogP contribution in [0.1, 0.15) is 25.0 Å². The van der Waals surface area contributed by atoms with E-state index in [1.165, 1.54) is 5.56 Å². The Kier molecular flexibility index (Phi) is 5.01. The molecular weight excluding hydrogens is 248 g/mol. The van der Waals surface area contributed by atoms with Gasteiger partial charge in [0, 0.05) is 6.54 Å². The lowest BCUT2D eigenvalue weighted by molar-refractivity contribution is 0.414. The fraction of sp³-hybridized carbons (Fsp3) is 0.500. The minimum absolute atomic E-state index is 0.496. The Morgan fingerprint density at radius 3 is 2.67 bits per heavy atom. The van der Waals surface area contributed by atoms with Gasteiger partial charge in [0.15, 0.2) is 0 Å². The smallest absolute Gasteiger partial charge is 0.137 e. The molecule has 0 aliphatic heterocycles. The Morgan fingerprint density at radius 1 is 1.44 bits per heavy atom. The Balaban J connectivity index is 2.69. The summed E-state index contributed by atoms with van der Waals surface area (Å²) < 4.78 is 5.17. The molecule has 0 saturated carbocycles. The van der Waals surface area contributed by atoms with Crippen LogP contribution in [-0.4, -0.2) is 19.2 Å². The summed E-state index contributed by atoms with van der Waals surface area (Å²) in [7, 11) is 1.61. The van der Waals surface area contributed by atoms with Crippen molar-refractivity contribution in [1.82, 2.24) is 5.32 Å². The van der Waals surface area contributed by atoms with Gasteiger partial charge in [0.1, 0.15) is 11.3 Å². The first-order chi connectivity index (χ1) is 8.39. The molecule has 0 bridgehead atoms. The lowest BCUT2D eigenvalue weighted by Gasteiger charge is -2.18. The van der Waals surface area contributed by atoms with E-state index in [9.17, 15) is 0 Å². The Morgan fingerprint density at radius 2 is 2.11 bits per heavy atom. The summed E-state index contributed by atoms with van der Waals surface area (Å²) in [6.45, 7) is 6.50. The van der Waals surface area contributed by atoms with Gasteiger partial charge in [-0.25, -0.2) is 0 Å². The van der Waals surface area contributed by atoms with Gasteiger partial charge in [0.2, 0.25) is 0 Å². The van der Waals surface area contributed by atoms with Crippen molar-refractivity contribution in [2.45, 2.75) is 32.7 Å². The van der Waals surface area contributed by atoms with Crippen molar-refractivity contribution in [3.8, 4) is 11.8 Å². The van der Waals surface area contributed by atoms with Crippen molar-refractivity contribution in [3.63, 3.8) is 0 Å². The summed E-state index contributed by atoms with van der Waals surface area (Å²) in [4.78, 5) is 0. The SMILES string of the molecule is COc1cc(C)c(CCNC(C)(C)C#N)cc1Cl. The van der Waals surface area contributed by atoms with Crippen molar-refractivity contribution >= 4 is 11.6 Å². The summed E-state index contributed by atoms with van der Waals surface area (Å²) >= 11 is 6.10. The summed E-state index contributed by atoms with van der Waals surface area (Å²) in [5.74, 6) is 0.697. The summed E-state index contributed by atoms with van der Waals surface area (Å²) in [6.07, 6.45) is 0.834. The number of hydrogen-bond acceptors (Lipinski definition) is 3. The third kappa shape index (κ3) is 3.90. The molecule has 98 valence electrons. The maximum Gasteiger partial charge on any atom is 0.137 e. The van der Waals surface area contributed by atoms with E-state index in [4.69, 9.17) is 21.6 Å². The molecule has 0 unspecified atom stereocenters. The molecule has 1 aromatic carbocycles. The van der Waals surface area contributed by atoms with Crippen LogP contribution in [0.15, 0.2) is 12.1 Å².